The molecule has 0 saturated carbocycles. The number of hydrogen-bond donors (Lipinski definition) is 1. The largest absolute Gasteiger partial charge is 0.436 e. The van der Waals surface area contributed by atoms with Crippen molar-refractivity contribution in [1.29, 1.82) is 0 Å². The molecule has 1 amide bonds. The summed E-state index contributed by atoms with van der Waals surface area (Å²) in [5.74, 6) is -0.579. The normalized spacial score (nSPS) is 10.8. The second kappa shape index (κ2) is 6.44. The first-order chi connectivity index (χ1) is 12.6. The number of aromatic nitrogens is 1. The zero-order valence-corrected chi connectivity index (χ0v) is 14.0. The summed E-state index contributed by atoms with van der Waals surface area (Å²) in [7, 11) is 0. The highest BCUT2D eigenvalue weighted by atomic mass is 19.1. The molecule has 0 aliphatic heterocycles. The number of carbonyl (C=O) groups excluding carboxylic acids is 1. The maximum absolute atomic E-state index is 13.8. The van der Waals surface area contributed by atoms with Gasteiger partial charge in [0.05, 0.1) is 5.56 Å². The Balaban J connectivity index is 1.70. The lowest BCUT2D eigenvalue weighted by Crippen LogP contribution is -2.14. The van der Waals surface area contributed by atoms with Gasteiger partial charge in [0, 0.05) is 11.3 Å². The highest BCUT2D eigenvalue weighted by Gasteiger charge is 2.16. The van der Waals surface area contributed by atoms with Crippen molar-refractivity contribution < 1.29 is 13.6 Å². The second-order valence-electron chi connectivity index (χ2n) is 5.90. The van der Waals surface area contributed by atoms with Crippen molar-refractivity contribution in [2.24, 2.45) is 0 Å². The molecule has 0 spiro atoms. The van der Waals surface area contributed by atoms with Gasteiger partial charge in [-0.15, -0.1) is 0 Å². The van der Waals surface area contributed by atoms with Gasteiger partial charge in [-0.1, -0.05) is 30.3 Å². The fourth-order valence-electron chi connectivity index (χ4n) is 2.83. The zero-order chi connectivity index (χ0) is 18.1. The average molecular weight is 346 g/mol. The van der Waals surface area contributed by atoms with Crippen LogP contribution in [0.2, 0.25) is 0 Å². The summed E-state index contributed by atoms with van der Waals surface area (Å²) in [6.07, 6.45) is 0. The van der Waals surface area contributed by atoms with Crippen LogP contribution in [0.1, 0.15) is 15.9 Å². The van der Waals surface area contributed by atoms with Crippen LogP contribution in [0.25, 0.3) is 22.6 Å². The van der Waals surface area contributed by atoms with Crippen molar-refractivity contribution in [1.82, 2.24) is 4.98 Å². The average Bonchev–Trinajstić information content (AvgIpc) is 3.07. The van der Waals surface area contributed by atoms with Crippen LogP contribution in [-0.2, 0) is 0 Å². The molecule has 0 aliphatic carbocycles. The zero-order valence-electron chi connectivity index (χ0n) is 14.0. The van der Waals surface area contributed by atoms with Gasteiger partial charge in [0.25, 0.3) is 5.91 Å². The standard InChI is InChI=1S/C21H15FN2O2/c1-13-14(21-24-18-10-4-5-12-19(18)26-21)8-6-11-17(13)23-20(25)15-7-2-3-9-16(15)22/h2-12H,1H3,(H,23,25). The van der Waals surface area contributed by atoms with Crippen LogP contribution in [0.3, 0.4) is 0 Å². The Hall–Kier alpha value is -3.47. The van der Waals surface area contributed by atoms with E-state index in [9.17, 15) is 9.18 Å². The van der Waals surface area contributed by atoms with E-state index in [1.807, 2.05) is 37.3 Å². The van der Waals surface area contributed by atoms with E-state index in [0.717, 1.165) is 16.6 Å². The monoisotopic (exact) mass is 346 g/mol. The van der Waals surface area contributed by atoms with Crippen LogP contribution in [0.15, 0.2) is 71.1 Å². The molecule has 0 atom stereocenters. The molecule has 0 saturated heterocycles. The van der Waals surface area contributed by atoms with Gasteiger partial charge in [-0.05, 0) is 48.9 Å². The molecule has 1 heterocycles. The van der Waals surface area contributed by atoms with E-state index < -0.39 is 11.7 Å². The molecule has 1 aromatic heterocycles. The third-order valence-electron chi connectivity index (χ3n) is 4.22. The number of halogens is 1. The summed E-state index contributed by atoms with van der Waals surface area (Å²) in [4.78, 5) is 16.9. The molecule has 5 heteroatoms. The van der Waals surface area contributed by atoms with E-state index >= 15 is 0 Å². The second-order valence-corrected chi connectivity index (χ2v) is 5.90. The summed E-state index contributed by atoms with van der Waals surface area (Å²) in [5.41, 5.74) is 3.61. The molecule has 4 aromatic rings. The molecule has 128 valence electrons. The summed E-state index contributed by atoms with van der Waals surface area (Å²) >= 11 is 0. The summed E-state index contributed by atoms with van der Waals surface area (Å²) in [5, 5.41) is 2.76. The van der Waals surface area contributed by atoms with Gasteiger partial charge >= 0.3 is 0 Å². The first kappa shape index (κ1) is 16.0. The van der Waals surface area contributed by atoms with Crippen molar-refractivity contribution in [3.8, 4) is 11.5 Å². The number of amides is 1. The van der Waals surface area contributed by atoms with E-state index in [0.29, 0.717) is 17.2 Å². The molecule has 3 aromatic carbocycles. The molecular formula is C21H15FN2O2. The quantitative estimate of drug-likeness (QED) is 0.555. The summed E-state index contributed by atoms with van der Waals surface area (Å²) in [6.45, 7) is 1.86. The fourth-order valence-corrected chi connectivity index (χ4v) is 2.83. The van der Waals surface area contributed by atoms with Crippen molar-refractivity contribution in [3.05, 3.63) is 83.7 Å². The maximum Gasteiger partial charge on any atom is 0.258 e. The predicted molar refractivity (Wildman–Crippen MR) is 98.5 cm³/mol. The van der Waals surface area contributed by atoms with Crippen molar-refractivity contribution in [2.45, 2.75) is 6.92 Å². The topological polar surface area (TPSA) is 55.1 Å². The van der Waals surface area contributed by atoms with Gasteiger partial charge < -0.3 is 9.73 Å². The van der Waals surface area contributed by atoms with Gasteiger partial charge in [0.15, 0.2) is 5.58 Å². The molecule has 4 rings (SSSR count). The number of anilines is 1. The van der Waals surface area contributed by atoms with Crippen LogP contribution in [-0.4, -0.2) is 10.9 Å². The maximum atomic E-state index is 13.8. The Morgan fingerprint density at radius 2 is 1.77 bits per heavy atom. The molecule has 26 heavy (non-hydrogen) atoms. The molecule has 0 fully saturated rings. The van der Waals surface area contributed by atoms with Gasteiger partial charge in [-0.3, -0.25) is 4.79 Å². The van der Waals surface area contributed by atoms with Gasteiger partial charge in [-0.2, -0.15) is 0 Å². The summed E-state index contributed by atoms with van der Waals surface area (Å²) < 4.78 is 19.6. The lowest BCUT2D eigenvalue weighted by molar-refractivity contribution is 0.102. The Bertz CT molecular complexity index is 1080. The number of fused-ring (bicyclic) bond motifs is 1. The molecule has 1 N–H and O–H groups in total. The molecule has 0 aliphatic rings. The summed E-state index contributed by atoms with van der Waals surface area (Å²) in [6, 6.07) is 18.8. The van der Waals surface area contributed by atoms with Crippen LogP contribution in [0, 0.1) is 12.7 Å². The van der Waals surface area contributed by atoms with Crippen LogP contribution in [0.5, 0.6) is 0 Å². The number of carbonyl (C=O) groups is 1. The van der Waals surface area contributed by atoms with Gasteiger partial charge in [0.2, 0.25) is 5.89 Å². The third-order valence-corrected chi connectivity index (χ3v) is 4.22. The molecule has 4 nitrogen and oxygen atoms in total. The van der Waals surface area contributed by atoms with Crippen molar-refractivity contribution >= 4 is 22.7 Å². The third kappa shape index (κ3) is 2.84. The Kier molecular flexibility index (Phi) is 3.97. The van der Waals surface area contributed by atoms with Crippen molar-refractivity contribution in [3.63, 3.8) is 0 Å². The number of benzene rings is 3. The first-order valence-electron chi connectivity index (χ1n) is 8.15. The van der Waals surface area contributed by atoms with Crippen molar-refractivity contribution in [2.75, 3.05) is 5.32 Å². The lowest BCUT2D eigenvalue weighted by Gasteiger charge is -2.11. The minimum absolute atomic E-state index is 0.000773. The van der Waals surface area contributed by atoms with E-state index in [1.165, 1.54) is 12.1 Å². The van der Waals surface area contributed by atoms with E-state index in [-0.39, 0.29) is 5.56 Å². The Labute approximate surface area is 149 Å². The number of nitrogens with zero attached hydrogens (tertiary/aromatic N) is 1. The predicted octanol–water partition coefficient (Wildman–Crippen LogP) is 5.19. The molecule has 0 bridgehead atoms. The Morgan fingerprint density at radius 3 is 2.58 bits per heavy atom. The molecule has 0 radical (unpaired) electrons. The lowest BCUT2D eigenvalue weighted by atomic mass is 10.1. The van der Waals surface area contributed by atoms with E-state index in [1.54, 1.807) is 24.3 Å². The minimum Gasteiger partial charge on any atom is -0.436 e. The van der Waals surface area contributed by atoms with Gasteiger partial charge in [-0.25, -0.2) is 9.37 Å². The van der Waals surface area contributed by atoms with E-state index in [2.05, 4.69) is 10.3 Å². The number of para-hydroxylation sites is 2. The Morgan fingerprint density at radius 1 is 1.00 bits per heavy atom. The number of hydrogen-bond acceptors (Lipinski definition) is 3. The number of nitrogens with one attached hydrogen (secondary N) is 1. The highest BCUT2D eigenvalue weighted by molar-refractivity contribution is 6.05. The van der Waals surface area contributed by atoms with Gasteiger partial charge in [0.1, 0.15) is 11.3 Å². The SMILES string of the molecule is Cc1c(NC(=O)c2ccccc2F)cccc1-c1nc2ccccc2o1. The number of oxazole rings is 1. The fraction of sp³-hybridized carbons (Fsp3) is 0.0476. The number of rotatable bonds is 3. The van der Waals surface area contributed by atoms with Crippen LogP contribution < -0.4 is 5.32 Å². The molecule has 0 unspecified atom stereocenters. The van der Waals surface area contributed by atoms with Crippen LogP contribution in [0.4, 0.5) is 10.1 Å². The van der Waals surface area contributed by atoms with Crippen LogP contribution >= 0.6 is 0 Å². The minimum atomic E-state index is -0.558. The molecular weight excluding hydrogens is 331 g/mol. The van der Waals surface area contributed by atoms with E-state index in [4.69, 9.17) is 4.42 Å². The smallest absolute Gasteiger partial charge is 0.258 e. The first-order valence-corrected chi connectivity index (χ1v) is 8.15. The highest BCUT2D eigenvalue weighted by Crippen LogP contribution is 2.30.